The molecule has 0 saturated heterocycles. The first-order valence-electron chi connectivity index (χ1n) is 0.447. The Labute approximate surface area is 90.9 Å². The molecule has 1 N–H and O–H groups in total. The SMILES string of the molecule is CO.[KH].[NaH]. The second-order valence-corrected chi connectivity index (χ2v) is 0. The van der Waals surface area contributed by atoms with Crippen LogP contribution in [0.1, 0.15) is 0 Å². The molecule has 1 nitrogen and oxygen atoms in total. The Balaban J connectivity index is -0.00000000500. The van der Waals surface area contributed by atoms with Gasteiger partial charge in [0.2, 0.25) is 0 Å². The number of aliphatic hydroxyl groups excluding tert-OH is 1. The summed E-state index contributed by atoms with van der Waals surface area (Å²) in [6.07, 6.45) is 0. The fraction of sp³-hybridized carbons (Fsp3) is 1.00. The van der Waals surface area contributed by atoms with Crippen LogP contribution in [0.4, 0.5) is 0 Å². The van der Waals surface area contributed by atoms with E-state index < -0.39 is 0 Å². The average molecular weight is 96.1 g/mol. The van der Waals surface area contributed by atoms with Crippen molar-refractivity contribution in [2.24, 2.45) is 0 Å². The molecule has 0 unspecified atom stereocenters. The van der Waals surface area contributed by atoms with Crippen molar-refractivity contribution in [1.82, 2.24) is 0 Å². The van der Waals surface area contributed by atoms with Gasteiger partial charge in [-0.2, -0.15) is 0 Å². The molecule has 0 atom stereocenters. The molecule has 0 aliphatic heterocycles. The van der Waals surface area contributed by atoms with Gasteiger partial charge in [0, 0.05) is 7.11 Å². The summed E-state index contributed by atoms with van der Waals surface area (Å²) >= 11 is 0. The Bertz CT molecular complexity index is 8.00. The van der Waals surface area contributed by atoms with Crippen LogP contribution in [0.2, 0.25) is 0 Å². The third-order valence-electron chi connectivity index (χ3n) is 0. The second kappa shape index (κ2) is 17.5. The van der Waals surface area contributed by atoms with Gasteiger partial charge in [0.15, 0.2) is 0 Å². The molecule has 3 heteroatoms. The fourth-order valence-electron chi connectivity index (χ4n) is 0. The van der Waals surface area contributed by atoms with Gasteiger partial charge in [-0.3, -0.25) is 0 Å². The Morgan fingerprint density at radius 3 is 1.25 bits per heavy atom. The van der Waals surface area contributed by atoms with Crippen molar-refractivity contribution >= 4 is 80.9 Å². The molecule has 0 aromatic heterocycles. The molecule has 0 fully saturated rings. The molecule has 0 heterocycles. The van der Waals surface area contributed by atoms with Crippen molar-refractivity contribution in [2.45, 2.75) is 0 Å². The van der Waals surface area contributed by atoms with Crippen LogP contribution in [0.15, 0.2) is 0 Å². The fourth-order valence-corrected chi connectivity index (χ4v) is 0. The maximum atomic E-state index is 7.00. The zero-order valence-corrected chi connectivity index (χ0v) is 1.45. The van der Waals surface area contributed by atoms with Crippen LogP contribution >= 0.6 is 0 Å². The van der Waals surface area contributed by atoms with Gasteiger partial charge in [0.1, 0.15) is 0 Å². The number of rotatable bonds is 0. The summed E-state index contributed by atoms with van der Waals surface area (Å²) in [6.45, 7) is 0. The predicted molar refractivity (Wildman–Crippen MR) is 22.4 cm³/mol. The van der Waals surface area contributed by atoms with E-state index in [0.29, 0.717) is 0 Å². The van der Waals surface area contributed by atoms with Gasteiger partial charge in [0.05, 0.1) is 0 Å². The molecule has 0 aliphatic carbocycles. The van der Waals surface area contributed by atoms with Gasteiger partial charge in [-0.15, -0.1) is 0 Å². The molecular weight excluding hydrogens is 90.1 g/mol. The van der Waals surface area contributed by atoms with Gasteiger partial charge in [-0.05, 0) is 0 Å². The van der Waals surface area contributed by atoms with E-state index in [2.05, 4.69) is 0 Å². The van der Waals surface area contributed by atoms with Crippen LogP contribution in [-0.2, 0) is 0 Å². The van der Waals surface area contributed by atoms with Gasteiger partial charge in [0.25, 0.3) is 0 Å². The zero-order valence-electron chi connectivity index (χ0n) is 1.45. The first kappa shape index (κ1) is 16.0. The maximum absolute atomic E-state index is 7.00. The molecule has 0 bridgehead atoms. The van der Waals surface area contributed by atoms with Crippen molar-refractivity contribution in [3.8, 4) is 0 Å². The molecule has 0 spiro atoms. The summed E-state index contributed by atoms with van der Waals surface area (Å²) in [4.78, 5) is 0. The molecule has 0 saturated carbocycles. The van der Waals surface area contributed by atoms with Gasteiger partial charge >= 0.3 is 80.9 Å². The van der Waals surface area contributed by atoms with E-state index in [-0.39, 0.29) is 80.9 Å². The molecule has 0 aromatic rings. The van der Waals surface area contributed by atoms with Crippen molar-refractivity contribution in [3.63, 3.8) is 0 Å². The first-order valence-corrected chi connectivity index (χ1v) is 0.447. The zero-order chi connectivity index (χ0) is 2.00. The minimum atomic E-state index is 0. The van der Waals surface area contributed by atoms with E-state index in [1.807, 2.05) is 0 Å². The number of hydrogen-bond donors (Lipinski definition) is 1. The molecule has 0 aliphatic rings. The molecule has 18 valence electrons. The Hall–Kier alpha value is 2.60. The third kappa shape index (κ3) is 8.82. The minimum absolute atomic E-state index is 0. The van der Waals surface area contributed by atoms with E-state index in [4.69, 9.17) is 5.11 Å². The second-order valence-electron chi connectivity index (χ2n) is 0. The molecule has 0 amide bonds. The van der Waals surface area contributed by atoms with E-state index in [1.54, 1.807) is 0 Å². The summed E-state index contributed by atoms with van der Waals surface area (Å²) < 4.78 is 0. The summed E-state index contributed by atoms with van der Waals surface area (Å²) in [5, 5.41) is 7.00. The van der Waals surface area contributed by atoms with Crippen molar-refractivity contribution in [2.75, 3.05) is 7.11 Å². The van der Waals surface area contributed by atoms with E-state index in [9.17, 15) is 0 Å². The molecule has 0 rings (SSSR count). The number of hydrogen-bond acceptors (Lipinski definition) is 1. The Morgan fingerprint density at radius 2 is 1.25 bits per heavy atom. The van der Waals surface area contributed by atoms with Crippen LogP contribution in [0.3, 0.4) is 0 Å². The summed E-state index contributed by atoms with van der Waals surface area (Å²) in [5.74, 6) is 0. The third-order valence-corrected chi connectivity index (χ3v) is 0. The van der Waals surface area contributed by atoms with Crippen molar-refractivity contribution in [1.29, 1.82) is 0 Å². The van der Waals surface area contributed by atoms with Gasteiger partial charge < -0.3 is 5.11 Å². The normalized spacial score (nSPS) is 1.50. The monoisotopic (exact) mass is 96.0 g/mol. The molecule has 0 radical (unpaired) electrons. The average Bonchev–Trinajstić information content (AvgIpc) is 1.00. The van der Waals surface area contributed by atoms with Crippen LogP contribution in [0.5, 0.6) is 0 Å². The van der Waals surface area contributed by atoms with Crippen LogP contribution in [-0.4, -0.2) is 93.2 Å². The predicted octanol–water partition coefficient (Wildman–Crippen LogP) is -1.69. The quantitative estimate of drug-likeness (QED) is 0.357. The van der Waals surface area contributed by atoms with Crippen LogP contribution in [0.25, 0.3) is 0 Å². The summed E-state index contributed by atoms with van der Waals surface area (Å²) in [6, 6.07) is 0. The molecular formula is CH6KNaO. The van der Waals surface area contributed by atoms with E-state index in [0.717, 1.165) is 7.11 Å². The summed E-state index contributed by atoms with van der Waals surface area (Å²) in [7, 11) is 1.00. The van der Waals surface area contributed by atoms with Crippen molar-refractivity contribution < 1.29 is 5.11 Å². The van der Waals surface area contributed by atoms with Crippen molar-refractivity contribution in [3.05, 3.63) is 0 Å². The topological polar surface area (TPSA) is 20.2 Å². The number of aliphatic hydroxyl groups is 1. The first-order chi connectivity index (χ1) is 1.00. The van der Waals surface area contributed by atoms with Crippen LogP contribution < -0.4 is 0 Å². The van der Waals surface area contributed by atoms with Gasteiger partial charge in [-0.25, -0.2) is 0 Å². The van der Waals surface area contributed by atoms with E-state index in [1.165, 1.54) is 0 Å². The van der Waals surface area contributed by atoms with Crippen LogP contribution in [0, 0.1) is 0 Å². The summed E-state index contributed by atoms with van der Waals surface area (Å²) in [5.41, 5.74) is 0. The Morgan fingerprint density at radius 1 is 1.25 bits per heavy atom. The van der Waals surface area contributed by atoms with Gasteiger partial charge in [-0.1, -0.05) is 0 Å². The Kier molecular flexibility index (Phi) is 70.0. The molecule has 4 heavy (non-hydrogen) atoms. The standard InChI is InChI=1S/CH4O.K.Na.2H/c1-2;;;;/h2H,1H3;;;;. The van der Waals surface area contributed by atoms with E-state index >= 15 is 0 Å². The molecule has 0 aromatic carbocycles.